The molecule has 5 nitrogen and oxygen atoms in total. The van der Waals surface area contributed by atoms with Crippen molar-refractivity contribution in [3.63, 3.8) is 0 Å². The molecule has 0 spiro atoms. The normalized spacial score (nSPS) is 13.4. The van der Waals surface area contributed by atoms with Gasteiger partial charge in [0.15, 0.2) is 0 Å². The summed E-state index contributed by atoms with van der Waals surface area (Å²) in [4.78, 5) is 8.00. The molecule has 0 amide bonds. The van der Waals surface area contributed by atoms with E-state index in [1.165, 1.54) is 16.6 Å². The van der Waals surface area contributed by atoms with Crippen LogP contribution in [0.3, 0.4) is 0 Å². The molecule has 0 aromatic carbocycles. The molecular weight excluding hydrogens is 342 g/mol. The summed E-state index contributed by atoms with van der Waals surface area (Å²) >= 11 is 3.23. The topological polar surface area (TPSA) is 63.2 Å². The molecule has 0 radical (unpaired) electrons. The molecule has 2 aromatic heterocycles. The van der Waals surface area contributed by atoms with Gasteiger partial charge in [-0.15, -0.1) is 0 Å². The van der Waals surface area contributed by atoms with Crippen molar-refractivity contribution in [2.75, 3.05) is 7.05 Å². The Kier molecular flexibility index (Phi) is 4.52. The second kappa shape index (κ2) is 5.99. The molecule has 0 saturated heterocycles. The number of hydrogen-bond donors (Lipinski definition) is 0. The highest BCUT2D eigenvalue weighted by Crippen LogP contribution is 2.25. The molecule has 0 aliphatic rings. The molecular formula is C13H14BrN3O2S. The van der Waals surface area contributed by atoms with Crippen LogP contribution < -0.4 is 0 Å². The molecule has 0 N–H and O–H groups in total. The maximum atomic E-state index is 12.5. The van der Waals surface area contributed by atoms with Crippen LogP contribution in [0.5, 0.6) is 0 Å². The van der Waals surface area contributed by atoms with Crippen molar-refractivity contribution in [1.82, 2.24) is 14.3 Å². The van der Waals surface area contributed by atoms with Crippen LogP contribution in [0, 0.1) is 0 Å². The summed E-state index contributed by atoms with van der Waals surface area (Å²) in [5, 5.41) is 0. The van der Waals surface area contributed by atoms with E-state index in [-0.39, 0.29) is 10.9 Å². The lowest BCUT2D eigenvalue weighted by atomic mass is 10.1. The number of halogens is 1. The molecule has 1 atom stereocenters. The van der Waals surface area contributed by atoms with E-state index >= 15 is 0 Å². The highest BCUT2D eigenvalue weighted by molar-refractivity contribution is 9.10. The molecule has 0 aliphatic carbocycles. The summed E-state index contributed by atoms with van der Waals surface area (Å²) < 4.78 is 27.1. The van der Waals surface area contributed by atoms with Gasteiger partial charge in [0.05, 0.1) is 0 Å². The summed E-state index contributed by atoms with van der Waals surface area (Å²) in [6.45, 7) is 1.83. The van der Waals surface area contributed by atoms with E-state index in [1.807, 2.05) is 6.92 Å². The summed E-state index contributed by atoms with van der Waals surface area (Å²) in [5.74, 6) is 0. The summed E-state index contributed by atoms with van der Waals surface area (Å²) in [6.07, 6.45) is 6.18. The summed E-state index contributed by atoms with van der Waals surface area (Å²) in [6, 6.07) is 4.85. The average Bonchev–Trinajstić information content (AvgIpc) is 2.46. The van der Waals surface area contributed by atoms with Gasteiger partial charge in [0.25, 0.3) is 0 Å². The van der Waals surface area contributed by atoms with Gasteiger partial charge in [0.2, 0.25) is 10.0 Å². The first-order valence-electron chi connectivity index (χ1n) is 5.91. The molecule has 7 heteroatoms. The SMILES string of the molecule is CC(c1ccncc1)N(C)S(=O)(=O)c1cncc(Br)c1. The van der Waals surface area contributed by atoms with Crippen LogP contribution in [0.4, 0.5) is 0 Å². The third-order valence-electron chi connectivity index (χ3n) is 3.09. The summed E-state index contributed by atoms with van der Waals surface area (Å²) in [5.41, 5.74) is 0.883. The molecule has 0 aliphatic heterocycles. The third-order valence-corrected chi connectivity index (χ3v) is 5.42. The van der Waals surface area contributed by atoms with Gasteiger partial charge in [-0.2, -0.15) is 4.31 Å². The van der Waals surface area contributed by atoms with E-state index in [4.69, 9.17) is 0 Å². The highest BCUT2D eigenvalue weighted by Gasteiger charge is 2.26. The van der Waals surface area contributed by atoms with Gasteiger partial charge in [-0.3, -0.25) is 9.97 Å². The van der Waals surface area contributed by atoms with E-state index in [0.29, 0.717) is 4.47 Å². The van der Waals surface area contributed by atoms with Crippen LogP contribution in [0.15, 0.2) is 52.4 Å². The van der Waals surface area contributed by atoms with Crippen molar-refractivity contribution in [3.8, 4) is 0 Å². The Morgan fingerprint density at radius 3 is 2.45 bits per heavy atom. The third kappa shape index (κ3) is 3.05. The van der Waals surface area contributed by atoms with Crippen molar-refractivity contribution >= 4 is 26.0 Å². The van der Waals surface area contributed by atoms with Gasteiger partial charge >= 0.3 is 0 Å². The van der Waals surface area contributed by atoms with Crippen LogP contribution in [0.2, 0.25) is 0 Å². The minimum atomic E-state index is -3.59. The van der Waals surface area contributed by atoms with Gasteiger partial charge in [0, 0.05) is 42.3 Å². The first kappa shape index (κ1) is 15.1. The van der Waals surface area contributed by atoms with Gasteiger partial charge in [-0.25, -0.2) is 8.42 Å². The number of sulfonamides is 1. The van der Waals surface area contributed by atoms with E-state index in [9.17, 15) is 8.42 Å². The lowest BCUT2D eigenvalue weighted by Gasteiger charge is -2.24. The summed E-state index contributed by atoms with van der Waals surface area (Å²) in [7, 11) is -2.03. The Balaban J connectivity index is 2.35. The predicted octanol–water partition coefficient (Wildman–Crippen LogP) is 2.62. The minimum Gasteiger partial charge on any atom is -0.265 e. The zero-order valence-electron chi connectivity index (χ0n) is 11.1. The predicted molar refractivity (Wildman–Crippen MR) is 79.5 cm³/mol. The highest BCUT2D eigenvalue weighted by atomic mass is 79.9. The standard InChI is InChI=1S/C13H14BrN3O2S/c1-10(11-3-5-15-6-4-11)17(2)20(18,19)13-7-12(14)8-16-9-13/h3-10H,1-2H3. The van der Waals surface area contributed by atoms with Crippen molar-refractivity contribution in [3.05, 3.63) is 53.0 Å². The van der Waals surface area contributed by atoms with Crippen molar-refractivity contribution in [2.45, 2.75) is 17.9 Å². The van der Waals surface area contributed by atoms with Crippen LogP contribution in [-0.2, 0) is 10.0 Å². The molecule has 2 heterocycles. The maximum Gasteiger partial charge on any atom is 0.244 e. The van der Waals surface area contributed by atoms with Gasteiger partial charge in [-0.1, -0.05) is 0 Å². The Hall–Kier alpha value is -1.31. The number of rotatable bonds is 4. The smallest absolute Gasteiger partial charge is 0.244 e. The molecule has 106 valence electrons. The maximum absolute atomic E-state index is 12.5. The molecule has 1 unspecified atom stereocenters. The lowest BCUT2D eigenvalue weighted by molar-refractivity contribution is 0.398. The van der Waals surface area contributed by atoms with E-state index in [2.05, 4.69) is 25.9 Å². The van der Waals surface area contributed by atoms with Gasteiger partial charge in [-0.05, 0) is 46.6 Å². The monoisotopic (exact) mass is 355 g/mol. The van der Waals surface area contributed by atoms with E-state index in [0.717, 1.165) is 5.56 Å². The Morgan fingerprint density at radius 2 is 1.85 bits per heavy atom. The van der Waals surface area contributed by atoms with Crippen molar-refractivity contribution in [2.24, 2.45) is 0 Å². The average molecular weight is 356 g/mol. The molecule has 20 heavy (non-hydrogen) atoms. The number of hydrogen-bond acceptors (Lipinski definition) is 4. The fourth-order valence-corrected chi connectivity index (χ4v) is 3.62. The molecule has 0 fully saturated rings. The minimum absolute atomic E-state index is 0.162. The largest absolute Gasteiger partial charge is 0.265 e. The van der Waals surface area contributed by atoms with Crippen LogP contribution in [0.1, 0.15) is 18.5 Å². The van der Waals surface area contributed by atoms with Crippen molar-refractivity contribution < 1.29 is 8.42 Å². The van der Waals surface area contributed by atoms with Crippen molar-refractivity contribution in [1.29, 1.82) is 0 Å². The number of nitrogens with zero attached hydrogens (tertiary/aromatic N) is 3. The Morgan fingerprint density at radius 1 is 1.20 bits per heavy atom. The van der Waals surface area contributed by atoms with E-state index in [1.54, 1.807) is 37.8 Å². The fourth-order valence-electron chi connectivity index (χ4n) is 1.76. The first-order chi connectivity index (χ1) is 9.43. The zero-order chi connectivity index (χ0) is 14.8. The molecule has 0 bridgehead atoms. The quantitative estimate of drug-likeness (QED) is 0.845. The molecule has 2 aromatic rings. The van der Waals surface area contributed by atoms with Crippen LogP contribution in [-0.4, -0.2) is 29.7 Å². The zero-order valence-corrected chi connectivity index (χ0v) is 13.5. The number of aromatic nitrogens is 2. The van der Waals surface area contributed by atoms with Gasteiger partial charge in [0.1, 0.15) is 4.90 Å². The Labute approximate surface area is 126 Å². The first-order valence-corrected chi connectivity index (χ1v) is 8.15. The molecule has 2 rings (SSSR count). The number of pyridine rings is 2. The van der Waals surface area contributed by atoms with Crippen LogP contribution >= 0.6 is 15.9 Å². The lowest BCUT2D eigenvalue weighted by Crippen LogP contribution is -2.29. The van der Waals surface area contributed by atoms with Gasteiger partial charge < -0.3 is 0 Å². The second-order valence-corrected chi connectivity index (χ2v) is 7.23. The fraction of sp³-hybridized carbons (Fsp3) is 0.231. The van der Waals surface area contributed by atoms with Crippen LogP contribution in [0.25, 0.3) is 0 Å². The second-order valence-electron chi connectivity index (χ2n) is 4.32. The Bertz CT molecular complexity index is 692. The molecule has 0 saturated carbocycles. The van der Waals surface area contributed by atoms with E-state index < -0.39 is 10.0 Å².